The molecule has 0 radical (unpaired) electrons. The Labute approximate surface area is 155 Å². The SMILES string of the molecule is CCCCc1ccc(N2N=C(Cn3ccnc3)C(CCCC)C2=O)cc1. The molecule has 0 N–H and O–H groups in total. The minimum absolute atomic E-state index is 0.0925. The number of aryl methyl sites for hydroxylation is 1. The molecular weight excluding hydrogens is 324 g/mol. The number of benzene rings is 1. The van der Waals surface area contributed by atoms with Crippen molar-refractivity contribution < 1.29 is 4.79 Å². The molecule has 2 heterocycles. The minimum Gasteiger partial charge on any atom is -0.332 e. The fourth-order valence-corrected chi connectivity index (χ4v) is 3.31. The zero-order valence-electron chi connectivity index (χ0n) is 15.8. The smallest absolute Gasteiger partial charge is 0.256 e. The molecule has 26 heavy (non-hydrogen) atoms. The Kier molecular flexibility index (Phi) is 6.21. The Balaban J connectivity index is 1.79. The van der Waals surface area contributed by atoms with Crippen LogP contribution in [-0.2, 0) is 17.8 Å². The number of aromatic nitrogens is 2. The number of anilines is 1. The molecule has 5 heteroatoms. The van der Waals surface area contributed by atoms with Crippen molar-refractivity contribution in [2.45, 2.75) is 58.9 Å². The van der Waals surface area contributed by atoms with E-state index in [-0.39, 0.29) is 11.8 Å². The highest BCUT2D eigenvalue weighted by Crippen LogP contribution is 2.28. The van der Waals surface area contributed by atoms with Crippen molar-refractivity contribution in [2.75, 3.05) is 5.01 Å². The van der Waals surface area contributed by atoms with Crippen molar-refractivity contribution in [3.63, 3.8) is 0 Å². The van der Waals surface area contributed by atoms with E-state index >= 15 is 0 Å². The van der Waals surface area contributed by atoms with Gasteiger partial charge in [-0.3, -0.25) is 4.79 Å². The van der Waals surface area contributed by atoms with Crippen LogP contribution in [0.2, 0.25) is 0 Å². The van der Waals surface area contributed by atoms with Crippen LogP contribution in [0.3, 0.4) is 0 Å². The largest absolute Gasteiger partial charge is 0.332 e. The number of carbonyl (C=O) groups excluding carboxylic acids is 1. The van der Waals surface area contributed by atoms with Gasteiger partial charge in [0.2, 0.25) is 0 Å². The third kappa shape index (κ3) is 4.21. The highest BCUT2D eigenvalue weighted by atomic mass is 16.2. The van der Waals surface area contributed by atoms with Gasteiger partial charge in [-0.2, -0.15) is 5.10 Å². The highest BCUT2D eigenvalue weighted by Gasteiger charge is 2.36. The van der Waals surface area contributed by atoms with Crippen molar-refractivity contribution in [1.82, 2.24) is 9.55 Å². The van der Waals surface area contributed by atoms with E-state index in [9.17, 15) is 4.79 Å². The summed E-state index contributed by atoms with van der Waals surface area (Å²) in [5, 5.41) is 6.29. The Bertz CT molecular complexity index is 734. The molecule has 1 aromatic heterocycles. The van der Waals surface area contributed by atoms with Gasteiger partial charge >= 0.3 is 0 Å². The molecule has 1 unspecified atom stereocenters. The molecule has 1 aliphatic heterocycles. The van der Waals surface area contributed by atoms with Gasteiger partial charge in [0, 0.05) is 12.4 Å². The highest BCUT2D eigenvalue weighted by molar-refractivity contribution is 6.15. The molecular formula is C21H28N4O. The van der Waals surface area contributed by atoms with Crippen LogP contribution in [0.15, 0.2) is 48.1 Å². The van der Waals surface area contributed by atoms with Crippen molar-refractivity contribution in [3.8, 4) is 0 Å². The molecule has 0 fully saturated rings. The number of rotatable bonds is 9. The normalized spacial score (nSPS) is 17.0. The van der Waals surface area contributed by atoms with Crippen molar-refractivity contribution >= 4 is 17.3 Å². The molecule has 0 saturated carbocycles. The van der Waals surface area contributed by atoms with Gasteiger partial charge in [-0.05, 0) is 37.0 Å². The van der Waals surface area contributed by atoms with Crippen LogP contribution in [0.25, 0.3) is 0 Å². The molecule has 2 aromatic rings. The molecule has 1 atom stereocenters. The summed E-state index contributed by atoms with van der Waals surface area (Å²) in [4.78, 5) is 17.1. The van der Waals surface area contributed by atoms with E-state index in [1.54, 1.807) is 17.5 Å². The first-order valence-corrected chi connectivity index (χ1v) is 9.69. The predicted octanol–water partition coefficient (Wildman–Crippen LogP) is 4.43. The van der Waals surface area contributed by atoms with Crippen LogP contribution in [-0.4, -0.2) is 21.2 Å². The van der Waals surface area contributed by atoms with Gasteiger partial charge in [-0.1, -0.05) is 45.2 Å². The number of carbonyl (C=O) groups is 1. The number of hydrogen-bond donors (Lipinski definition) is 0. The lowest BCUT2D eigenvalue weighted by molar-refractivity contribution is -0.119. The third-order valence-corrected chi connectivity index (χ3v) is 4.89. The summed E-state index contributed by atoms with van der Waals surface area (Å²) >= 11 is 0. The molecule has 1 aromatic carbocycles. The first-order valence-electron chi connectivity index (χ1n) is 9.69. The topological polar surface area (TPSA) is 50.5 Å². The summed E-state index contributed by atoms with van der Waals surface area (Å²) in [6, 6.07) is 8.26. The van der Waals surface area contributed by atoms with Crippen LogP contribution in [0, 0.1) is 5.92 Å². The zero-order valence-corrected chi connectivity index (χ0v) is 15.8. The van der Waals surface area contributed by atoms with Crippen molar-refractivity contribution in [2.24, 2.45) is 11.0 Å². The van der Waals surface area contributed by atoms with Gasteiger partial charge in [0.1, 0.15) is 0 Å². The predicted molar refractivity (Wildman–Crippen MR) is 105 cm³/mol. The number of unbranched alkanes of at least 4 members (excludes halogenated alkanes) is 2. The summed E-state index contributed by atoms with van der Waals surface area (Å²) in [5.41, 5.74) is 3.10. The molecule has 0 aliphatic carbocycles. The van der Waals surface area contributed by atoms with E-state index in [2.05, 4.69) is 31.0 Å². The molecule has 1 aliphatic rings. The van der Waals surface area contributed by atoms with Gasteiger partial charge in [-0.25, -0.2) is 9.99 Å². The summed E-state index contributed by atoms with van der Waals surface area (Å²) in [6.07, 6.45) is 11.9. The average molecular weight is 352 g/mol. The fourth-order valence-electron chi connectivity index (χ4n) is 3.31. The molecule has 1 amide bonds. The maximum Gasteiger partial charge on any atom is 0.256 e. The fraction of sp³-hybridized carbons (Fsp3) is 0.476. The summed E-state index contributed by atoms with van der Waals surface area (Å²) < 4.78 is 1.97. The van der Waals surface area contributed by atoms with Gasteiger partial charge < -0.3 is 4.57 Å². The lowest BCUT2D eigenvalue weighted by Gasteiger charge is -2.15. The van der Waals surface area contributed by atoms with Gasteiger partial charge in [0.05, 0.1) is 30.2 Å². The second-order valence-corrected chi connectivity index (χ2v) is 6.94. The number of nitrogens with zero attached hydrogens (tertiary/aromatic N) is 4. The number of amides is 1. The van der Waals surface area contributed by atoms with E-state index in [1.165, 1.54) is 18.4 Å². The first-order chi connectivity index (χ1) is 12.7. The standard InChI is InChI=1S/C21H28N4O/c1-3-5-7-17-9-11-18(12-10-17)25-21(26)19(8-6-4-2)20(23-25)15-24-14-13-22-16-24/h9-14,16,19H,3-8,15H2,1-2H3. The number of hydrogen-bond acceptors (Lipinski definition) is 3. The summed E-state index contributed by atoms with van der Waals surface area (Å²) in [5.74, 6) is -0.0352. The zero-order chi connectivity index (χ0) is 18.4. The van der Waals surface area contributed by atoms with Gasteiger partial charge in [0.25, 0.3) is 5.91 Å². The second-order valence-electron chi connectivity index (χ2n) is 6.94. The minimum atomic E-state index is -0.128. The molecule has 0 bridgehead atoms. The van der Waals surface area contributed by atoms with Crippen LogP contribution < -0.4 is 5.01 Å². The van der Waals surface area contributed by atoms with Crippen LogP contribution >= 0.6 is 0 Å². The van der Waals surface area contributed by atoms with E-state index in [4.69, 9.17) is 5.10 Å². The molecule has 5 nitrogen and oxygen atoms in total. The van der Waals surface area contributed by atoms with E-state index in [0.717, 1.165) is 37.1 Å². The van der Waals surface area contributed by atoms with Crippen molar-refractivity contribution in [3.05, 3.63) is 48.5 Å². The van der Waals surface area contributed by atoms with E-state index in [1.807, 2.05) is 22.9 Å². The molecule has 138 valence electrons. The van der Waals surface area contributed by atoms with Crippen LogP contribution in [0.1, 0.15) is 51.5 Å². The average Bonchev–Trinajstić information content (AvgIpc) is 3.27. The Morgan fingerprint density at radius 1 is 1.08 bits per heavy atom. The monoisotopic (exact) mass is 352 g/mol. The van der Waals surface area contributed by atoms with Crippen molar-refractivity contribution in [1.29, 1.82) is 0 Å². The Morgan fingerprint density at radius 3 is 2.50 bits per heavy atom. The Morgan fingerprint density at radius 2 is 1.85 bits per heavy atom. The number of imidazole rings is 1. The third-order valence-electron chi connectivity index (χ3n) is 4.89. The maximum absolute atomic E-state index is 13.0. The molecule has 3 rings (SSSR count). The maximum atomic E-state index is 13.0. The molecule has 0 saturated heterocycles. The van der Waals surface area contributed by atoms with Gasteiger partial charge in [0.15, 0.2) is 0 Å². The van der Waals surface area contributed by atoms with E-state index < -0.39 is 0 Å². The van der Waals surface area contributed by atoms with Crippen LogP contribution in [0.5, 0.6) is 0 Å². The molecule has 0 spiro atoms. The lowest BCUT2D eigenvalue weighted by atomic mass is 9.96. The van der Waals surface area contributed by atoms with Crippen LogP contribution in [0.4, 0.5) is 5.69 Å². The van der Waals surface area contributed by atoms with E-state index in [0.29, 0.717) is 6.54 Å². The lowest BCUT2D eigenvalue weighted by Crippen LogP contribution is -2.28. The summed E-state index contributed by atoms with van der Waals surface area (Å²) in [6.45, 7) is 4.97. The first kappa shape index (κ1) is 18.4. The number of hydrazone groups is 1. The van der Waals surface area contributed by atoms with Gasteiger partial charge in [-0.15, -0.1) is 0 Å². The second kappa shape index (κ2) is 8.79. The quantitative estimate of drug-likeness (QED) is 0.670. The summed E-state index contributed by atoms with van der Waals surface area (Å²) in [7, 11) is 0. The Hall–Kier alpha value is -2.43.